The van der Waals surface area contributed by atoms with E-state index < -0.39 is 0 Å². The fourth-order valence-electron chi connectivity index (χ4n) is 3.97. The Kier molecular flexibility index (Phi) is 4.87. The molecular formula is C24H18BrFN2O2. The van der Waals surface area contributed by atoms with Gasteiger partial charge in [0.2, 0.25) is 5.89 Å². The van der Waals surface area contributed by atoms with E-state index in [-0.39, 0.29) is 17.8 Å². The Morgan fingerprint density at radius 3 is 2.63 bits per heavy atom. The van der Waals surface area contributed by atoms with E-state index in [2.05, 4.69) is 15.9 Å². The summed E-state index contributed by atoms with van der Waals surface area (Å²) < 4.78 is 20.0. The smallest absolute Gasteiger partial charge is 0.255 e. The molecule has 1 unspecified atom stereocenters. The molecule has 2 heterocycles. The number of rotatable bonds is 3. The molecule has 1 atom stereocenters. The van der Waals surface area contributed by atoms with Crippen LogP contribution < -0.4 is 0 Å². The minimum atomic E-state index is -0.264. The Balaban J connectivity index is 1.47. The number of hydrogen-bond donors (Lipinski definition) is 0. The molecule has 1 amide bonds. The Morgan fingerprint density at radius 1 is 1.07 bits per heavy atom. The molecule has 30 heavy (non-hydrogen) atoms. The van der Waals surface area contributed by atoms with Gasteiger partial charge in [-0.05, 0) is 76.3 Å². The van der Waals surface area contributed by atoms with Crippen molar-refractivity contribution in [1.82, 2.24) is 9.88 Å². The normalized spacial score (nSPS) is 16.3. The molecule has 0 N–H and O–H groups in total. The first-order valence-electron chi connectivity index (χ1n) is 9.82. The highest BCUT2D eigenvalue weighted by Crippen LogP contribution is 2.36. The van der Waals surface area contributed by atoms with Gasteiger partial charge >= 0.3 is 0 Å². The number of fused-ring (bicyclic) bond motifs is 1. The number of benzene rings is 3. The van der Waals surface area contributed by atoms with E-state index in [0.29, 0.717) is 23.6 Å². The van der Waals surface area contributed by atoms with Crippen molar-refractivity contribution in [1.29, 1.82) is 0 Å². The Bertz CT molecular complexity index is 1240. The van der Waals surface area contributed by atoms with Gasteiger partial charge in [0.15, 0.2) is 5.58 Å². The fourth-order valence-corrected chi connectivity index (χ4v) is 4.42. The first-order chi connectivity index (χ1) is 14.6. The van der Waals surface area contributed by atoms with Gasteiger partial charge in [-0.25, -0.2) is 9.37 Å². The zero-order valence-electron chi connectivity index (χ0n) is 16.0. The average Bonchev–Trinajstić information content (AvgIpc) is 3.40. The molecule has 3 aromatic carbocycles. The predicted molar refractivity (Wildman–Crippen MR) is 117 cm³/mol. The molecule has 6 heteroatoms. The van der Waals surface area contributed by atoms with Crippen molar-refractivity contribution in [2.45, 2.75) is 18.9 Å². The summed E-state index contributed by atoms with van der Waals surface area (Å²) in [6.45, 7) is 0.671. The van der Waals surface area contributed by atoms with E-state index >= 15 is 0 Å². The van der Waals surface area contributed by atoms with Crippen molar-refractivity contribution < 1.29 is 13.6 Å². The molecule has 0 radical (unpaired) electrons. The van der Waals surface area contributed by atoms with Crippen LogP contribution in [0.2, 0.25) is 0 Å². The maximum atomic E-state index is 13.2. The molecule has 0 bridgehead atoms. The Labute approximate surface area is 181 Å². The quantitative estimate of drug-likeness (QED) is 0.353. The minimum absolute atomic E-state index is 0.0285. The standard InChI is InChI=1S/C24H18BrFN2O2/c25-19-5-2-1-4-18(19)24(29)28-13-3-6-21(28)23-27-20-14-16(9-12-22(20)30-23)15-7-10-17(26)11-8-15/h1-2,4-5,7-12,14,21H,3,6,13H2. The van der Waals surface area contributed by atoms with Crippen LogP contribution in [-0.2, 0) is 0 Å². The highest BCUT2D eigenvalue weighted by atomic mass is 79.9. The van der Waals surface area contributed by atoms with Crippen molar-refractivity contribution >= 4 is 32.9 Å². The van der Waals surface area contributed by atoms with Crippen molar-refractivity contribution in [2.75, 3.05) is 6.54 Å². The largest absolute Gasteiger partial charge is 0.438 e. The maximum absolute atomic E-state index is 13.2. The summed E-state index contributed by atoms with van der Waals surface area (Å²) >= 11 is 3.47. The van der Waals surface area contributed by atoms with E-state index in [4.69, 9.17) is 9.40 Å². The van der Waals surface area contributed by atoms with Gasteiger partial charge in [-0.2, -0.15) is 0 Å². The van der Waals surface area contributed by atoms with Crippen molar-refractivity contribution in [3.8, 4) is 11.1 Å². The molecule has 1 aliphatic heterocycles. The number of nitrogens with zero attached hydrogens (tertiary/aromatic N) is 2. The van der Waals surface area contributed by atoms with Crippen LogP contribution in [0.5, 0.6) is 0 Å². The molecule has 1 fully saturated rings. The fraction of sp³-hybridized carbons (Fsp3) is 0.167. The van der Waals surface area contributed by atoms with Gasteiger partial charge in [-0.15, -0.1) is 0 Å². The van der Waals surface area contributed by atoms with Gasteiger partial charge in [-0.1, -0.05) is 30.3 Å². The van der Waals surface area contributed by atoms with Crippen molar-refractivity contribution in [3.05, 3.63) is 88.5 Å². The lowest BCUT2D eigenvalue weighted by atomic mass is 10.1. The SMILES string of the molecule is O=C(c1ccccc1Br)N1CCCC1c1nc2cc(-c3ccc(F)cc3)ccc2o1. The van der Waals surface area contributed by atoms with Gasteiger partial charge in [-0.3, -0.25) is 4.79 Å². The van der Waals surface area contributed by atoms with Crippen LogP contribution in [0.25, 0.3) is 22.2 Å². The molecule has 0 aliphatic carbocycles. The van der Waals surface area contributed by atoms with Crippen LogP contribution in [0, 0.1) is 5.82 Å². The molecule has 1 saturated heterocycles. The summed E-state index contributed by atoms with van der Waals surface area (Å²) in [6, 6.07) is 19.4. The van der Waals surface area contributed by atoms with Gasteiger partial charge in [0.1, 0.15) is 17.4 Å². The van der Waals surface area contributed by atoms with Crippen LogP contribution in [-0.4, -0.2) is 22.3 Å². The third kappa shape index (κ3) is 3.41. The Morgan fingerprint density at radius 2 is 1.83 bits per heavy atom. The second kappa shape index (κ2) is 7.69. The first-order valence-corrected chi connectivity index (χ1v) is 10.6. The predicted octanol–water partition coefficient (Wildman–Crippen LogP) is 6.37. The van der Waals surface area contributed by atoms with Crippen LogP contribution in [0.4, 0.5) is 4.39 Å². The summed E-state index contributed by atoms with van der Waals surface area (Å²) in [6.07, 6.45) is 1.72. The van der Waals surface area contributed by atoms with Gasteiger partial charge in [0.25, 0.3) is 5.91 Å². The summed E-state index contributed by atoms with van der Waals surface area (Å²) in [5.74, 6) is 0.262. The second-order valence-electron chi connectivity index (χ2n) is 7.38. The van der Waals surface area contributed by atoms with Crippen LogP contribution in [0.15, 0.2) is 75.6 Å². The topological polar surface area (TPSA) is 46.3 Å². The lowest BCUT2D eigenvalue weighted by Gasteiger charge is -2.22. The number of amides is 1. The number of halogens is 2. The summed E-state index contributed by atoms with van der Waals surface area (Å²) in [4.78, 5) is 19.7. The summed E-state index contributed by atoms with van der Waals surface area (Å²) in [7, 11) is 0. The average molecular weight is 465 g/mol. The molecule has 1 aliphatic rings. The first kappa shape index (κ1) is 19.0. The number of oxazole rings is 1. The van der Waals surface area contributed by atoms with E-state index in [0.717, 1.165) is 34.0 Å². The maximum Gasteiger partial charge on any atom is 0.255 e. The van der Waals surface area contributed by atoms with E-state index in [1.165, 1.54) is 12.1 Å². The van der Waals surface area contributed by atoms with E-state index in [9.17, 15) is 9.18 Å². The van der Waals surface area contributed by atoms with Crippen LogP contribution in [0.3, 0.4) is 0 Å². The molecule has 4 nitrogen and oxygen atoms in total. The number of hydrogen-bond acceptors (Lipinski definition) is 3. The van der Waals surface area contributed by atoms with Gasteiger partial charge < -0.3 is 9.32 Å². The molecule has 0 spiro atoms. The third-order valence-corrected chi connectivity index (χ3v) is 6.18. The third-order valence-electron chi connectivity index (χ3n) is 5.48. The number of carbonyl (C=O) groups is 1. The highest BCUT2D eigenvalue weighted by molar-refractivity contribution is 9.10. The number of carbonyl (C=O) groups excluding carboxylic acids is 1. The minimum Gasteiger partial charge on any atom is -0.438 e. The number of aromatic nitrogens is 1. The lowest BCUT2D eigenvalue weighted by molar-refractivity contribution is 0.0716. The van der Waals surface area contributed by atoms with Gasteiger partial charge in [0, 0.05) is 11.0 Å². The number of likely N-dealkylation sites (tertiary alicyclic amines) is 1. The molecule has 150 valence electrons. The molecule has 0 saturated carbocycles. The zero-order valence-corrected chi connectivity index (χ0v) is 17.6. The molecule has 1 aromatic heterocycles. The molecule has 4 aromatic rings. The van der Waals surface area contributed by atoms with Crippen molar-refractivity contribution in [2.24, 2.45) is 0 Å². The monoisotopic (exact) mass is 464 g/mol. The molecule has 5 rings (SSSR count). The zero-order chi connectivity index (χ0) is 20.7. The second-order valence-corrected chi connectivity index (χ2v) is 8.23. The van der Waals surface area contributed by atoms with E-state index in [1.54, 1.807) is 12.1 Å². The lowest BCUT2D eigenvalue weighted by Crippen LogP contribution is -2.30. The molecular weight excluding hydrogens is 447 g/mol. The van der Waals surface area contributed by atoms with E-state index in [1.807, 2.05) is 47.4 Å². The Hall–Kier alpha value is -2.99. The summed E-state index contributed by atoms with van der Waals surface area (Å²) in [5, 5.41) is 0. The van der Waals surface area contributed by atoms with Gasteiger partial charge in [0.05, 0.1) is 5.56 Å². The highest BCUT2D eigenvalue weighted by Gasteiger charge is 2.34. The van der Waals surface area contributed by atoms with Crippen molar-refractivity contribution in [3.63, 3.8) is 0 Å². The van der Waals surface area contributed by atoms with Crippen LogP contribution >= 0.6 is 15.9 Å². The van der Waals surface area contributed by atoms with Crippen LogP contribution in [0.1, 0.15) is 35.1 Å². The summed E-state index contributed by atoms with van der Waals surface area (Å²) in [5.41, 5.74) is 3.89.